The van der Waals surface area contributed by atoms with Gasteiger partial charge in [-0.2, -0.15) is 4.98 Å². The summed E-state index contributed by atoms with van der Waals surface area (Å²) in [6.07, 6.45) is 8.32. The maximum absolute atomic E-state index is 13.8. The van der Waals surface area contributed by atoms with Crippen molar-refractivity contribution in [3.63, 3.8) is 0 Å². The number of aliphatic hydroxyl groups excluding tert-OH is 1. The molecule has 3 aliphatic heterocycles. The first-order chi connectivity index (χ1) is 28.8. The van der Waals surface area contributed by atoms with Crippen LogP contribution in [0.1, 0.15) is 75.8 Å². The Morgan fingerprint density at radius 3 is 2.47 bits per heavy atom. The molecule has 318 valence electrons. The standard InChI is InChI=1S/C43H52ClN9O6S/c1-25-19-30(11-12-33(25)46-42-45-23-27-20-32(44)41(56)52(39(27)48-42)28-7-4-5-8-28)60(58,59)31-21-29(22-31)51-17-15-26(16-18-51)24-49(2)34-9-6-10-35-38(34)50(3)43(57)53(35)36-13-14-37(54)47-40(36)55/h6,9-12,19-20,23,26,28-29,31,36,43,57H,4-5,7-8,13-18,21-22,24H2,1-3H3,(H,45,46,48)(H,47,54,55). The molecule has 2 aromatic carbocycles. The lowest BCUT2D eigenvalue weighted by Crippen LogP contribution is -2.56. The molecule has 0 radical (unpaired) electrons. The third kappa shape index (κ3) is 7.28. The van der Waals surface area contributed by atoms with E-state index in [2.05, 4.69) is 32.5 Å². The molecule has 17 heteroatoms. The van der Waals surface area contributed by atoms with Gasteiger partial charge in [0.2, 0.25) is 24.1 Å². The van der Waals surface area contributed by atoms with Crippen LogP contribution in [0.4, 0.5) is 28.7 Å². The molecule has 3 N–H and O–H groups in total. The van der Waals surface area contributed by atoms with Gasteiger partial charge in [0.15, 0.2) is 9.84 Å². The molecule has 2 saturated heterocycles. The highest BCUT2D eigenvalue weighted by Gasteiger charge is 2.45. The van der Waals surface area contributed by atoms with E-state index in [1.165, 1.54) is 0 Å². The van der Waals surface area contributed by atoms with E-state index in [0.717, 1.165) is 80.8 Å². The van der Waals surface area contributed by atoms with Crippen LogP contribution in [-0.2, 0) is 19.4 Å². The van der Waals surface area contributed by atoms with Gasteiger partial charge in [0, 0.05) is 56.4 Å². The number of amides is 2. The number of likely N-dealkylation sites (tertiary alicyclic amines) is 1. The van der Waals surface area contributed by atoms with Crippen molar-refractivity contribution in [3.8, 4) is 0 Å². The predicted octanol–water partition coefficient (Wildman–Crippen LogP) is 5.10. The van der Waals surface area contributed by atoms with E-state index in [4.69, 9.17) is 16.6 Å². The molecule has 4 fully saturated rings. The molecule has 4 aromatic rings. The quantitative estimate of drug-likeness (QED) is 0.180. The number of imide groups is 1. The van der Waals surface area contributed by atoms with Gasteiger partial charge in [-0.25, -0.2) is 13.4 Å². The normalized spacial score (nSPS) is 24.1. The number of sulfone groups is 1. The van der Waals surface area contributed by atoms with Crippen molar-refractivity contribution in [2.24, 2.45) is 5.92 Å². The van der Waals surface area contributed by atoms with E-state index in [-0.39, 0.29) is 40.9 Å². The van der Waals surface area contributed by atoms with Crippen LogP contribution < -0.4 is 30.9 Å². The zero-order valence-corrected chi connectivity index (χ0v) is 35.8. The summed E-state index contributed by atoms with van der Waals surface area (Å²) in [7, 11) is 0.351. The van der Waals surface area contributed by atoms with E-state index >= 15 is 0 Å². The molecule has 60 heavy (non-hydrogen) atoms. The Hall–Kier alpha value is -4.77. The number of benzene rings is 2. The molecule has 2 saturated carbocycles. The number of carbonyl (C=O) groups is 2. The van der Waals surface area contributed by atoms with Crippen LogP contribution in [0.25, 0.3) is 11.0 Å². The lowest BCUT2D eigenvalue weighted by Gasteiger charge is -2.45. The maximum Gasteiger partial charge on any atom is 0.271 e. The minimum atomic E-state index is -3.53. The number of nitrogens with one attached hydrogen (secondary N) is 2. The summed E-state index contributed by atoms with van der Waals surface area (Å²) in [5.74, 6) is 0.0817. The number of halogens is 1. The minimum Gasteiger partial charge on any atom is -0.373 e. The number of carbonyl (C=O) groups excluding carboxylic acids is 2. The van der Waals surface area contributed by atoms with Gasteiger partial charge < -0.3 is 30.0 Å². The predicted molar refractivity (Wildman–Crippen MR) is 232 cm³/mol. The first-order valence-corrected chi connectivity index (χ1v) is 23.0. The summed E-state index contributed by atoms with van der Waals surface area (Å²) < 4.78 is 29.4. The SMILES string of the molecule is Cc1cc(S(=O)(=O)C2CC(N3CCC(CN(C)c4cccc5c4N(C)C(O)N5C4CCC(=O)NC4=O)CC3)C2)ccc1Nc1ncc2cc(Cl)c(=O)n(C3CCCC3)c2n1. The van der Waals surface area contributed by atoms with Crippen LogP contribution in [0.2, 0.25) is 5.02 Å². The van der Waals surface area contributed by atoms with Crippen molar-refractivity contribution < 1.29 is 23.1 Å². The summed E-state index contributed by atoms with van der Waals surface area (Å²) in [6, 6.07) is 12.3. The summed E-state index contributed by atoms with van der Waals surface area (Å²) in [5.41, 5.74) is 4.32. The second-order valence-electron chi connectivity index (χ2n) is 17.3. The number of hydrogen-bond acceptors (Lipinski definition) is 13. The zero-order chi connectivity index (χ0) is 42.0. The topological polar surface area (TPSA) is 173 Å². The Kier molecular flexibility index (Phi) is 10.8. The Labute approximate surface area is 354 Å². The number of aromatic nitrogens is 3. The number of piperidine rings is 2. The van der Waals surface area contributed by atoms with E-state index in [0.29, 0.717) is 52.7 Å². The van der Waals surface area contributed by atoms with Gasteiger partial charge in [-0.1, -0.05) is 30.5 Å². The van der Waals surface area contributed by atoms with Crippen LogP contribution in [0.5, 0.6) is 0 Å². The zero-order valence-electron chi connectivity index (χ0n) is 34.2. The lowest BCUT2D eigenvalue weighted by atomic mass is 9.87. The van der Waals surface area contributed by atoms with Crippen LogP contribution in [-0.4, -0.2) is 102 Å². The highest BCUT2D eigenvalue weighted by atomic mass is 35.5. The molecule has 15 nitrogen and oxygen atoms in total. The molecule has 9 rings (SSSR count). The fraction of sp³-hybridized carbons (Fsp3) is 0.512. The highest BCUT2D eigenvalue weighted by molar-refractivity contribution is 7.92. The Bertz CT molecular complexity index is 2520. The molecule has 2 amide bonds. The van der Waals surface area contributed by atoms with Gasteiger partial charge in [-0.3, -0.25) is 24.3 Å². The molecule has 0 bridgehead atoms. The summed E-state index contributed by atoms with van der Waals surface area (Å²) in [5, 5.41) is 17.3. The largest absolute Gasteiger partial charge is 0.373 e. The number of para-hydroxylation sites is 1. The molecular formula is C43H52ClN9O6S. The molecule has 2 atom stereocenters. The van der Waals surface area contributed by atoms with Gasteiger partial charge >= 0.3 is 0 Å². The van der Waals surface area contributed by atoms with Crippen molar-refractivity contribution in [2.75, 3.05) is 53.7 Å². The Balaban J connectivity index is 0.797. The van der Waals surface area contributed by atoms with Gasteiger partial charge in [-0.15, -0.1) is 0 Å². The fourth-order valence-electron chi connectivity index (χ4n) is 10.1. The summed E-state index contributed by atoms with van der Waals surface area (Å²) >= 11 is 6.30. The number of pyridine rings is 1. The van der Waals surface area contributed by atoms with Crippen molar-refractivity contribution in [2.45, 2.75) is 106 Å². The van der Waals surface area contributed by atoms with Crippen molar-refractivity contribution in [3.05, 3.63) is 69.6 Å². The van der Waals surface area contributed by atoms with Gasteiger partial charge in [0.25, 0.3) is 5.56 Å². The maximum atomic E-state index is 13.8. The summed E-state index contributed by atoms with van der Waals surface area (Å²) in [6.45, 7) is 4.50. The van der Waals surface area contributed by atoms with Crippen LogP contribution in [0.3, 0.4) is 0 Å². The second kappa shape index (κ2) is 15.9. The number of aliphatic hydroxyl groups is 1. The molecule has 2 unspecified atom stereocenters. The Morgan fingerprint density at radius 2 is 1.75 bits per heavy atom. The number of nitrogens with zero attached hydrogens (tertiary/aromatic N) is 7. The molecule has 2 aliphatic carbocycles. The lowest BCUT2D eigenvalue weighted by molar-refractivity contribution is -0.134. The van der Waals surface area contributed by atoms with Gasteiger partial charge in [-0.05, 0) is 113 Å². The smallest absolute Gasteiger partial charge is 0.271 e. The average Bonchev–Trinajstić information content (AvgIpc) is 3.82. The van der Waals surface area contributed by atoms with E-state index < -0.39 is 27.5 Å². The average molecular weight is 858 g/mol. The van der Waals surface area contributed by atoms with Crippen LogP contribution in [0, 0.1) is 12.8 Å². The highest BCUT2D eigenvalue weighted by Crippen LogP contribution is 2.47. The molecule has 0 spiro atoms. The number of anilines is 5. The van der Waals surface area contributed by atoms with Crippen LogP contribution in [0.15, 0.2) is 58.4 Å². The molecule has 2 aromatic heterocycles. The second-order valence-corrected chi connectivity index (χ2v) is 19.9. The molecule has 5 heterocycles. The van der Waals surface area contributed by atoms with Crippen LogP contribution >= 0.6 is 11.6 Å². The van der Waals surface area contributed by atoms with Gasteiger partial charge in [0.05, 0.1) is 27.2 Å². The molecule has 5 aliphatic rings. The summed E-state index contributed by atoms with van der Waals surface area (Å²) in [4.78, 5) is 55.3. The third-order valence-corrected chi connectivity index (χ3v) is 16.0. The van der Waals surface area contributed by atoms with E-state index in [9.17, 15) is 27.9 Å². The molecular weight excluding hydrogens is 806 g/mol. The fourth-order valence-corrected chi connectivity index (χ4v) is 12.2. The number of rotatable bonds is 10. The number of hydrogen-bond donors (Lipinski definition) is 3. The van der Waals surface area contributed by atoms with Gasteiger partial charge in [0.1, 0.15) is 16.7 Å². The number of fused-ring (bicyclic) bond motifs is 2. The monoisotopic (exact) mass is 857 g/mol. The number of aryl methyl sites for hydroxylation is 1. The van der Waals surface area contributed by atoms with Crippen molar-refractivity contribution in [1.82, 2.24) is 24.8 Å². The van der Waals surface area contributed by atoms with Crippen molar-refractivity contribution in [1.29, 1.82) is 0 Å². The van der Waals surface area contributed by atoms with E-state index in [1.54, 1.807) is 44.8 Å². The first kappa shape index (κ1) is 40.6. The van der Waals surface area contributed by atoms with Crippen molar-refractivity contribution >= 4 is 73.0 Å². The minimum absolute atomic E-state index is 0.0446. The Morgan fingerprint density at radius 1 is 1.00 bits per heavy atom. The van der Waals surface area contributed by atoms with E-state index in [1.807, 2.05) is 32.2 Å². The first-order valence-electron chi connectivity index (χ1n) is 21.1. The third-order valence-electron chi connectivity index (χ3n) is 13.6.